The van der Waals surface area contributed by atoms with Crippen LogP contribution >= 0.6 is 27.3 Å². The Morgan fingerprint density at radius 2 is 2.11 bits per heavy atom. The Labute approximate surface area is 127 Å². The number of thiazole rings is 1. The van der Waals surface area contributed by atoms with Crippen LogP contribution in [0.25, 0.3) is 10.6 Å². The van der Waals surface area contributed by atoms with Gasteiger partial charge >= 0.3 is 0 Å². The molecule has 2 rings (SSSR count). The van der Waals surface area contributed by atoms with Gasteiger partial charge in [-0.25, -0.2) is 4.98 Å². The SMILES string of the molecule is CNCCCc1sc(-c2cc(Br)ccc2C)nc1C. The van der Waals surface area contributed by atoms with Gasteiger partial charge in [-0.1, -0.05) is 22.0 Å². The average Bonchev–Trinajstić information content (AvgIpc) is 2.74. The van der Waals surface area contributed by atoms with Gasteiger partial charge in [0.1, 0.15) is 5.01 Å². The molecule has 0 saturated carbocycles. The van der Waals surface area contributed by atoms with E-state index in [0.29, 0.717) is 0 Å². The smallest absolute Gasteiger partial charge is 0.124 e. The Morgan fingerprint density at radius 1 is 1.32 bits per heavy atom. The molecule has 0 aliphatic heterocycles. The Morgan fingerprint density at radius 3 is 2.84 bits per heavy atom. The zero-order chi connectivity index (χ0) is 13.8. The van der Waals surface area contributed by atoms with Crippen LogP contribution in [0.15, 0.2) is 22.7 Å². The van der Waals surface area contributed by atoms with E-state index in [0.717, 1.165) is 28.9 Å². The van der Waals surface area contributed by atoms with Gasteiger partial charge in [0.05, 0.1) is 5.69 Å². The lowest BCUT2D eigenvalue weighted by molar-refractivity contribution is 0.727. The highest BCUT2D eigenvalue weighted by Gasteiger charge is 2.11. The summed E-state index contributed by atoms with van der Waals surface area (Å²) in [6.45, 7) is 5.31. The van der Waals surface area contributed by atoms with Gasteiger partial charge in [-0.15, -0.1) is 11.3 Å². The second-order valence-electron chi connectivity index (χ2n) is 4.69. The number of aromatic nitrogens is 1. The van der Waals surface area contributed by atoms with Gasteiger partial charge in [0.25, 0.3) is 0 Å². The van der Waals surface area contributed by atoms with Crippen LogP contribution in [-0.4, -0.2) is 18.6 Å². The van der Waals surface area contributed by atoms with Crippen LogP contribution in [0.4, 0.5) is 0 Å². The molecule has 0 saturated heterocycles. The van der Waals surface area contributed by atoms with Crippen molar-refractivity contribution in [3.8, 4) is 10.6 Å². The Balaban J connectivity index is 2.26. The average molecular weight is 339 g/mol. The maximum atomic E-state index is 4.74. The number of halogens is 1. The molecule has 0 aliphatic carbocycles. The lowest BCUT2D eigenvalue weighted by Crippen LogP contribution is -2.08. The quantitative estimate of drug-likeness (QED) is 0.820. The maximum Gasteiger partial charge on any atom is 0.124 e. The van der Waals surface area contributed by atoms with Gasteiger partial charge < -0.3 is 5.32 Å². The van der Waals surface area contributed by atoms with Gasteiger partial charge in [0.2, 0.25) is 0 Å². The molecule has 0 unspecified atom stereocenters. The molecule has 0 bridgehead atoms. The molecule has 0 fully saturated rings. The predicted molar refractivity (Wildman–Crippen MR) is 87.0 cm³/mol. The van der Waals surface area contributed by atoms with Crippen molar-refractivity contribution in [2.24, 2.45) is 0 Å². The van der Waals surface area contributed by atoms with Gasteiger partial charge in [-0.05, 0) is 58.0 Å². The number of hydrogen-bond donors (Lipinski definition) is 1. The fourth-order valence-electron chi connectivity index (χ4n) is 2.03. The van der Waals surface area contributed by atoms with E-state index in [1.54, 1.807) is 0 Å². The van der Waals surface area contributed by atoms with Crippen LogP contribution in [0.5, 0.6) is 0 Å². The van der Waals surface area contributed by atoms with Crippen LogP contribution in [0.1, 0.15) is 22.6 Å². The fraction of sp³-hybridized carbons (Fsp3) is 0.400. The molecular weight excluding hydrogens is 320 g/mol. The summed E-state index contributed by atoms with van der Waals surface area (Å²) in [6.07, 6.45) is 2.27. The van der Waals surface area contributed by atoms with Crippen LogP contribution < -0.4 is 5.32 Å². The van der Waals surface area contributed by atoms with Crippen molar-refractivity contribution < 1.29 is 0 Å². The first-order valence-electron chi connectivity index (χ1n) is 6.49. The number of nitrogens with one attached hydrogen (secondary N) is 1. The van der Waals surface area contributed by atoms with E-state index in [2.05, 4.69) is 53.3 Å². The van der Waals surface area contributed by atoms with Crippen molar-refractivity contribution >= 4 is 27.3 Å². The largest absolute Gasteiger partial charge is 0.320 e. The number of benzene rings is 1. The summed E-state index contributed by atoms with van der Waals surface area (Å²) < 4.78 is 1.11. The minimum absolute atomic E-state index is 1.06. The molecule has 0 aliphatic rings. The van der Waals surface area contributed by atoms with E-state index in [9.17, 15) is 0 Å². The molecule has 0 amide bonds. The standard InChI is InChI=1S/C15H19BrN2S/c1-10-6-7-12(16)9-13(10)15-18-11(2)14(19-15)5-4-8-17-3/h6-7,9,17H,4-5,8H2,1-3H3. The van der Waals surface area contributed by atoms with Gasteiger partial charge in [0, 0.05) is 14.9 Å². The van der Waals surface area contributed by atoms with E-state index in [1.165, 1.54) is 21.7 Å². The van der Waals surface area contributed by atoms with Crippen molar-refractivity contribution in [2.75, 3.05) is 13.6 Å². The number of hydrogen-bond acceptors (Lipinski definition) is 3. The second-order valence-corrected chi connectivity index (χ2v) is 6.69. The zero-order valence-electron chi connectivity index (χ0n) is 11.6. The van der Waals surface area contributed by atoms with E-state index in [-0.39, 0.29) is 0 Å². The first-order valence-corrected chi connectivity index (χ1v) is 8.10. The van der Waals surface area contributed by atoms with Crippen LogP contribution in [-0.2, 0) is 6.42 Å². The molecule has 0 atom stereocenters. The van der Waals surface area contributed by atoms with Crippen LogP contribution in [0.2, 0.25) is 0 Å². The highest BCUT2D eigenvalue weighted by Crippen LogP contribution is 2.32. The van der Waals surface area contributed by atoms with Gasteiger partial charge in [0.15, 0.2) is 0 Å². The highest BCUT2D eigenvalue weighted by atomic mass is 79.9. The van der Waals surface area contributed by atoms with E-state index in [1.807, 2.05) is 18.4 Å². The lowest BCUT2D eigenvalue weighted by Gasteiger charge is -2.02. The third kappa shape index (κ3) is 3.65. The summed E-state index contributed by atoms with van der Waals surface area (Å²) >= 11 is 5.36. The van der Waals surface area contributed by atoms with Crippen LogP contribution in [0.3, 0.4) is 0 Å². The Kier molecular flexibility index (Phi) is 5.13. The van der Waals surface area contributed by atoms with Crippen LogP contribution in [0, 0.1) is 13.8 Å². The van der Waals surface area contributed by atoms with E-state index >= 15 is 0 Å². The first-order chi connectivity index (χ1) is 9.11. The number of aryl methyl sites for hydroxylation is 3. The molecule has 1 aromatic heterocycles. The minimum Gasteiger partial charge on any atom is -0.320 e. The third-order valence-electron chi connectivity index (χ3n) is 3.15. The molecule has 19 heavy (non-hydrogen) atoms. The molecule has 0 spiro atoms. The molecule has 0 radical (unpaired) electrons. The van der Waals surface area contributed by atoms with Crippen molar-refractivity contribution in [3.63, 3.8) is 0 Å². The molecule has 2 aromatic rings. The van der Waals surface area contributed by atoms with Crippen molar-refractivity contribution in [2.45, 2.75) is 26.7 Å². The summed E-state index contributed by atoms with van der Waals surface area (Å²) in [5, 5.41) is 4.33. The maximum absolute atomic E-state index is 4.74. The molecule has 2 nitrogen and oxygen atoms in total. The molecule has 1 heterocycles. The van der Waals surface area contributed by atoms with E-state index in [4.69, 9.17) is 4.98 Å². The lowest BCUT2D eigenvalue weighted by atomic mass is 10.1. The minimum atomic E-state index is 1.06. The fourth-order valence-corrected chi connectivity index (χ4v) is 3.57. The summed E-state index contributed by atoms with van der Waals surface area (Å²) in [7, 11) is 2.00. The number of nitrogens with zero attached hydrogens (tertiary/aromatic N) is 1. The topological polar surface area (TPSA) is 24.9 Å². The Bertz CT molecular complexity index is 563. The molecule has 1 aromatic carbocycles. The molecule has 1 N–H and O–H groups in total. The number of rotatable bonds is 5. The third-order valence-corrected chi connectivity index (χ3v) is 4.90. The summed E-state index contributed by atoms with van der Waals surface area (Å²) in [5.41, 5.74) is 3.69. The summed E-state index contributed by atoms with van der Waals surface area (Å²) in [4.78, 5) is 6.15. The first kappa shape index (κ1) is 14.7. The van der Waals surface area contributed by atoms with Crippen molar-refractivity contribution in [1.82, 2.24) is 10.3 Å². The van der Waals surface area contributed by atoms with Crippen molar-refractivity contribution in [3.05, 3.63) is 38.8 Å². The normalized spacial score (nSPS) is 10.9. The predicted octanol–water partition coefficient (Wildman–Crippen LogP) is 4.34. The summed E-state index contributed by atoms with van der Waals surface area (Å²) in [5.74, 6) is 0. The molecule has 4 heteroatoms. The molecular formula is C15H19BrN2S. The zero-order valence-corrected chi connectivity index (χ0v) is 14.0. The molecule has 102 valence electrons. The highest BCUT2D eigenvalue weighted by molar-refractivity contribution is 9.10. The van der Waals surface area contributed by atoms with Gasteiger partial charge in [-0.2, -0.15) is 0 Å². The summed E-state index contributed by atoms with van der Waals surface area (Å²) in [6, 6.07) is 6.37. The van der Waals surface area contributed by atoms with E-state index < -0.39 is 0 Å². The van der Waals surface area contributed by atoms with Crippen molar-refractivity contribution in [1.29, 1.82) is 0 Å². The second kappa shape index (κ2) is 6.64. The monoisotopic (exact) mass is 338 g/mol. The van der Waals surface area contributed by atoms with Gasteiger partial charge in [-0.3, -0.25) is 0 Å². The Hall–Kier alpha value is -0.710.